The Kier molecular flexibility index (Phi) is 3.73. The fourth-order valence-electron chi connectivity index (χ4n) is 2.62. The van der Waals surface area contributed by atoms with Crippen LogP contribution in [0.1, 0.15) is 39.5 Å². The molecular weight excluding hydrogens is 172 g/mol. The third-order valence-electron chi connectivity index (χ3n) is 3.88. The monoisotopic (exact) mass is 196 g/mol. The van der Waals surface area contributed by atoms with Crippen LogP contribution in [0.3, 0.4) is 0 Å². The van der Waals surface area contributed by atoms with E-state index in [1.807, 2.05) is 6.08 Å². The summed E-state index contributed by atoms with van der Waals surface area (Å²) in [6.07, 6.45) is 7.02. The molecule has 1 aliphatic rings. The van der Waals surface area contributed by atoms with Gasteiger partial charge in [-0.3, -0.25) is 0 Å². The SMILES string of the molecule is C=CCNC1(CN)CCCCC1(C)C. The van der Waals surface area contributed by atoms with E-state index >= 15 is 0 Å². The van der Waals surface area contributed by atoms with Gasteiger partial charge < -0.3 is 11.1 Å². The van der Waals surface area contributed by atoms with Crippen molar-refractivity contribution in [2.24, 2.45) is 11.1 Å². The Balaban J connectivity index is 2.76. The van der Waals surface area contributed by atoms with Gasteiger partial charge in [0.05, 0.1) is 0 Å². The lowest BCUT2D eigenvalue weighted by atomic mass is 9.63. The van der Waals surface area contributed by atoms with Gasteiger partial charge in [-0.15, -0.1) is 6.58 Å². The summed E-state index contributed by atoms with van der Waals surface area (Å²) in [5.74, 6) is 0. The normalized spacial score (nSPS) is 31.4. The van der Waals surface area contributed by atoms with Crippen molar-refractivity contribution in [3.05, 3.63) is 12.7 Å². The van der Waals surface area contributed by atoms with Crippen LogP contribution in [-0.4, -0.2) is 18.6 Å². The van der Waals surface area contributed by atoms with E-state index in [1.54, 1.807) is 0 Å². The van der Waals surface area contributed by atoms with Crippen LogP contribution in [0, 0.1) is 5.41 Å². The van der Waals surface area contributed by atoms with Crippen molar-refractivity contribution in [1.82, 2.24) is 5.32 Å². The summed E-state index contributed by atoms with van der Waals surface area (Å²) in [7, 11) is 0. The lowest BCUT2D eigenvalue weighted by Gasteiger charge is -2.50. The second-order valence-corrected chi connectivity index (χ2v) is 5.05. The van der Waals surface area contributed by atoms with Crippen molar-refractivity contribution < 1.29 is 0 Å². The van der Waals surface area contributed by atoms with E-state index in [0.717, 1.165) is 13.1 Å². The summed E-state index contributed by atoms with van der Waals surface area (Å²) in [5.41, 5.74) is 6.39. The van der Waals surface area contributed by atoms with E-state index in [9.17, 15) is 0 Å². The van der Waals surface area contributed by atoms with Gasteiger partial charge in [0.25, 0.3) is 0 Å². The summed E-state index contributed by atoms with van der Waals surface area (Å²) in [6, 6.07) is 0. The van der Waals surface area contributed by atoms with E-state index in [-0.39, 0.29) is 5.54 Å². The standard InChI is InChI=1S/C12H24N2/c1-4-9-14-12(10-13)8-6-5-7-11(12,2)3/h4,14H,1,5-10,13H2,2-3H3. The van der Waals surface area contributed by atoms with Crippen LogP contribution in [0.25, 0.3) is 0 Å². The van der Waals surface area contributed by atoms with Gasteiger partial charge in [-0.25, -0.2) is 0 Å². The van der Waals surface area contributed by atoms with Crippen molar-refractivity contribution in [2.75, 3.05) is 13.1 Å². The third-order valence-corrected chi connectivity index (χ3v) is 3.88. The van der Waals surface area contributed by atoms with Gasteiger partial charge in [-0.1, -0.05) is 32.8 Å². The van der Waals surface area contributed by atoms with Crippen LogP contribution in [0.4, 0.5) is 0 Å². The molecule has 0 saturated heterocycles. The Labute approximate surface area is 87.9 Å². The van der Waals surface area contributed by atoms with Crippen molar-refractivity contribution in [3.8, 4) is 0 Å². The predicted molar refractivity (Wildman–Crippen MR) is 62.2 cm³/mol. The van der Waals surface area contributed by atoms with Crippen molar-refractivity contribution >= 4 is 0 Å². The number of nitrogens with one attached hydrogen (secondary N) is 1. The second kappa shape index (κ2) is 4.45. The lowest BCUT2D eigenvalue weighted by molar-refractivity contribution is 0.0726. The highest BCUT2D eigenvalue weighted by Gasteiger charge is 2.44. The number of hydrogen-bond donors (Lipinski definition) is 2. The Hall–Kier alpha value is -0.340. The summed E-state index contributed by atoms with van der Waals surface area (Å²) < 4.78 is 0. The maximum atomic E-state index is 5.96. The molecule has 0 aromatic rings. The van der Waals surface area contributed by atoms with Crippen LogP contribution in [0.5, 0.6) is 0 Å². The first-order valence-electron chi connectivity index (χ1n) is 5.64. The highest BCUT2D eigenvalue weighted by atomic mass is 15.0. The van der Waals surface area contributed by atoms with Crippen LogP contribution in [-0.2, 0) is 0 Å². The lowest BCUT2D eigenvalue weighted by Crippen LogP contribution is -2.62. The molecule has 0 aromatic heterocycles. The molecule has 3 N–H and O–H groups in total. The van der Waals surface area contributed by atoms with Gasteiger partial charge in [0, 0.05) is 18.6 Å². The molecule has 1 saturated carbocycles. The molecule has 0 bridgehead atoms. The van der Waals surface area contributed by atoms with Crippen molar-refractivity contribution in [2.45, 2.75) is 45.1 Å². The highest BCUT2D eigenvalue weighted by molar-refractivity contribution is 5.04. The second-order valence-electron chi connectivity index (χ2n) is 5.05. The topological polar surface area (TPSA) is 38.0 Å². The number of nitrogens with two attached hydrogens (primary N) is 1. The van der Waals surface area contributed by atoms with Gasteiger partial charge in [0.15, 0.2) is 0 Å². The largest absolute Gasteiger partial charge is 0.329 e. The van der Waals surface area contributed by atoms with Crippen LogP contribution in [0.15, 0.2) is 12.7 Å². The van der Waals surface area contributed by atoms with Crippen LogP contribution < -0.4 is 11.1 Å². The Morgan fingerprint density at radius 1 is 1.36 bits per heavy atom. The summed E-state index contributed by atoms with van der Waals surface area (Å²) in [5, 5.41) is 3.58. The molecule has 82 valence electrons. The van der Waals surface area contributed by atoms with Crippen molar-refractivity contribution in [3.63, 3.8) is 0 Å². The Morgan fingerprint density at radius 3 is 2.50 bits per heavy atom. The third kappa shape index (κ3) is 2.01. The molecule has 1 fully saturated rings. The molecule has 0 heterocycles. The number of rotatable bonds is 4. The minimum atomic E-state index is 0.124. The Morgan fingerprint density at radius 2 is 2.00 bits per heavy atom. The van der Waals surface area contributed by atoms with Gasteiger partial charge in [-0.05, 0) is 18.3 Å². The molecule has 2 heteroatoms. The maximum Gasteiger partial charge on any atom is 0.0358 e. The molecule has 1 atom stereocenters. The zero-order valence-electron chi connectivity index (χ0n) is 9.60. The average molecular weight is 196 g/mol. The average Bonchev–Trinajstić information content (AvgIpc) is 2.16. The van der Waals surface area contributed by atoms with Crippen LogP contribution >= 0.6 is 0 Å². The first kappa shape index (κ1) is 11.7. The molecule has 0 aromatic carbocycles. The molecule has 1 unspecified atom stereocenters. The van der Waals surface area contributed by atoms with E-state index < -0.39 is 0 Å². The van der Waals surface area contributed by atoms with E-state index in [1.165, 1.54) is 25.7 Å². The Bertz CT molecular complexity index is 198. The van der Waals surface area contributed by atoms with E-state index in [2.05, 4.69) is 25.7 Å². The summed E-state index contributed by atoms with van der Waals surface area (Å²) in [4.78, 5) is 0. The molecule has 0 radical (unpaired) electrons. The quantitative estimate of drug-likeness (QED) is 0.675. The number of hydrogen-bond acceptors (Lipinski definition) is 2. The summed E-state index contributed by atoms with van der Waals surface area (Å²) in [6.45, 7) is 10.0. The summed E-state index contributed by atoms with van der Waals surface area (Å²) >= 11 is 0. The zero-order chi connectivity index (χ0) is 10.7. The predicted octanol–water partition coefficient (Wildman–Crippen LogP) is 2.06. The highest BCUT2D eigenvalue weighted by Crippen LogP contribution is 2.43. The molecule has 0 spiro atoms. The van der Waals surface area contributed by atoms with E-state index in [0.29, 0.717) is 5.41 Å². The molecule has 0 aliphatic heterocycles. The minimum absolute atomic E-state index is 0.124. The molecule has 2 nitrogen and oxygen atoms in total. The molecule has 1 aliphatic carbocycles. The first-order chi connectivity index (χ1) is 6.58. The maximum absolute atomic E-state index is 5.96. The van der Waals surface area contributed by atoms with Crippen molar-refractivity contribution in [1.29, 1.82) is 0 Å². The minimum Gasteiger partial charge on any atom is -0.329 e. The van der Waals surface area contributed by atoms with Gasteiger partial charge >= 0.3 is 0 Å². The van der Waals surface area contributed by atoms with Gasteiger partial charge in [0.2, 0.25) is 0 Å². The fourth-order valence-corrected chi connectivity index (χ4v) is 2.62. The molecule has 1 rings (SSSR count). The first-order valence-corrected chi connectivity index (χ1v) is 5.64. The molecule has 0 amide bonds. The van der Waals surface area contributed by atoms with E-state index in [4.69, 9.17) is 5.73 Å². The fraction of sp³-hybridized carbons (Fsp3) is 0.833. The van der Waals surface area contributed by atoms with Gasteiger partial charge in [0.1, 0.15) is 0 Å². The smallest absolute Gasteiger partial charge is 0.0358 e. The van der Waals surface area contributed by atoms with Crippen LogP contribution in [0.2, 0.25) is 0 Å². The zero-order valence-corrected chi connectivity index (χ0v) is 9.60. The van der Waals surface area contributed by atoms with Gasteiger partial charge in [-0.2, -0.15) is 0 Å². The molecule has 14 heavy (non-hydrogen) atoms. The molecular formula is C12H24N2.